The lowest BCUT2D eigenvalue weighted by molar-refractivity contribution is 0.102. The number of nitrogens with one attached hydrogen (secondary N) is 1. The van der Waals surface area contributed by atoms with Crippen molar-refractivity contribution in [1.82, 2.24) is 0 Å². The Morgan fingerprint density at radius 3 is 2.59 bits per heavy atom. The summed E-state index contributed by atoms with van der Waals surface area (Å²) in [5, 5.41) is 3.41. The van der Waals surface area contributed by atoms with Gasteiger partial charge in [-0.25, -0.2) is 0 Å². The van der Waals surface area contributed by atoms with Gasteiger partial charge in [0.1, 0.15) is 0 Å². The molecule has 0 spiro atoms. The highest BCUT2D eigenvalue weighted by atomic mass is 35.5. The summed E-state index contributed by atoms with van der Waals surface area (Å²) in [5.74, 6) is -0.151. The molecular formula is C14H12ClNO. The monoisotopic (exact) mass is 245 g/mol. The second-order valence-corrected chi connectivity index (χ2v) is 4.22. The van der Waals surface area contributed by atoms with E-state index in [1.54, 1.807) is 24.3 Å². The van der Waals surface area contributed by atoms with E-state index >= 15 is 0 Å². The number of hydrogen-bond donors (Lipinski definition) is 1. The van der Waals surface area contributed by atoms with Crippen LogP contribution in [0.15, 0.2) is 48.5 Å². The first-order valence-electron chi connectivity index (χ1n) is 5.29. The molecule has 0 unspecified atom stereocenters. The molecule has 0 saturated carbocycles. The van der Waals surface area contributed by atoms with E-state index in [0.717, 1.165) is 11.3 Å². The van der Waals surface area contributed by atoms with Crippen molar-refractivity contribution in [3.63, 3.8) is 0 Å². The normalized spacial score (nSPS) is 10.0. The first kappa shape index (κ1) is 11.7. The van der Waals surface area contributed by atoms with E-state index < -0.39 is 0 Å². The third kappa shape index (κ3) is 2.86. The van der Waals surface area contributed by atoms with Gasteiger partial charge < -0.3 is 5.32 Å². The van der Waals surface area contributed by atoms with Crippen LogP contribution in [0.4, 0.5) is 5.69 Å². The quantitative estimate of drug-likeness (QED) is 0.854. The fourth-order valence-corrected chi connectivity index (χ4v) is 1.73. The Morgan fingerprint density at radius 1 is 1.12 bits per heavy atom. The summed E-state index contributed by atoms with van der Waals surface area (Å²) in [6.07, 6.45) is 0. The Morgan fingerprint density at radius 2 is 1.88 bits per heavy atom. The fraction of sp³-hybridized carbons (Fsp3) is 0.0714. The van der Waals surface area contributed by atoms with Crippen LogP contribution in [-0.4, -0.2) is 5.91 Å². The molecule has 0 saturated heterocycles. The van der Waals surface area contributed by atoms with Crippen LogP contribution in [0.3, 0.4) is 0 Å². The Bertz CT molecular complexity index is 551. The zero-order valence-corrected chi connectivity index (χ0v) is 10.2. The molecule has 17 heavy (non-hydrogen) atoms. The number of rotatable bonds is 2. The lowest BCUT2D eigenvalue weighted by Gasteiger charge is -2.08. The van der Waals surface area contributed by atoms with Crippen LogP contribution in [0.5, 0.6) is 0 Å². The summed E-state index contributed by atoms with van der Waals surface area (Å²) >= 11 is 5.84. The van der Waals surface area contributed by atoms with Crippen LogP contribution in [0, 0.1) is 6.92 Å². The maximum Gasteiger partial charge on any atom is 0.255 e. The number of para-hydroxylation sites is 1. The van der Waals surface area contributed by atoms with Crippen molar-refractivity contribution in [2.24, 2.45) is 0 Å². The Hall–Kier alpha value is -1.80. The molecule has 0 fully saturated rings. The number of amides is 1. The number of aryl methyl sites for hydroxylation is 1. The first-order valence-corrected chi connectivity index (χ1v) is 5.67. The van der Waals surface area contributed by atoms with E-state index in [2.05, 4.69) is 5.32 Å². The van der Waals surface area contributed by atoms with Gasteiger partial charge >= 0.3 is 0 Å². The number of carbonyl (C=O) groups is 1. The molecule has 0 aliphatic rings. The van der Waals surface area contributed by atoms with Crippen LogP contribution in [0.25, 0.3) is 0 Å². The van der Waals surface area contributed by atoms with Crippen molar-refractivity contribution in [2.45, 2.75) is 6.92 Å². The molecule has 0 aliphatic heterocycles. The van der Waals surface area contributed by atoms with Gasteiger partial charge in [-0.15, -0.1) is 0 Å². The molecule has 0 bridgehead atoms. The molecule has 0 aromatic heterocycles. The van der Waals surface area contributed by atoms with Gasteiger partial charge in [0, 0.05) is 16.3 Å². The van der Waals surface area contributed by atoms with Crippen molar-refractivity contribution >= 4 is 23.2 Å². The minimum absolute atomic E-state index is 0.151. The largest absolute Gasteiger partial charge is 0.322 e. The van der Waals surface area contributed by atoms with Gasteiger partial charge in [0.25, 0.3) is 5.91 Å². The van der Waals surface area contributed by atoms with Crippen LogP contribution in [0.1, 0.15) is 15.9 Å². The average molecular weight is 246 g/mol. The highest BCUT2D eigenvalue weighted by Crippen LogP contribution is 2.16. The van der Waals surface area contributed by atoms with E-state index in [9.17, 15) is 4.79 Å². The molecule has 2 aromatic carbocycles. The van der Waals surface area contributed by atoms with Crippen molar-refractivity contribution in [3.8, 4) is 0 Å². The van der Waals surface area contributed by atoms with Crippen molar-refractivity contribution in [3.05, 3.63) is 64.7 Å². The molecule has 2 rings (SSSR count). The number of anilines is 1. The van der Waals surface area contributed by atoms with E-state index in [0.29, 0.717) is 10.6 Å². The van der Waals surface area contributed by atoms with Crippen LogP contribution >= 0.6 is 11.6 Å². The molecule has 0 heterocycles. The molecule has 1 N–H and O–H groups in total. The smallest absolute Gasteiger partial charge is 0.255 e. The van der Waals surface area contributed by atoms with Gasteiger partial charge in [0.2, 0.25) is 0 Å². The van der Waals surface area contributed by atoms with Crippen molar-refractivity contribution in [2.75, 3.05) is 5.32 Å². The molecule has 2 nitrogen and oxygen atoms in total. The Balaban J connectivity index is 2.20. The zero-order valence-electron chi connectivity index (χ0n) is 9.41. The van der Waals surface area contributed by atoms with Gasteiger partial charge in [-0.05, 0) is 36.8 Å². The summed E-state index contributed by atoms with van der Waals surface area (Å²) in [5.41, 5.74) is 2.40. The third-order valence-electron chi connectivity index (χ3n) is 2.48. The summed E-state index contributed by atoms with van der Waals surface area (Å²) in [7, 11) is 0. The van der Waals surface area contributed by atoms with Crippen molar-refractivity contribution in [1.29, 1.82) is 0 Å². The highest BCUT2D eigenvalue weighted by Gasteiger charge is 2.07. The second kappa shape index (κ2) is 5.02. The van der Waals surface area contributed by atoms with Crippen molar-refractivity contribution < 1.29 is 4.79 Å². The predicted molar refractivity (Wildman–Crippen MR) is 70.6 cm³/mol. The second-order valence-electron chi connectivity index (χ2n) is 3.78. The fourth-order valence-electron chi connectivity index (χ4n) is 1.54. The lowest BCUT2D eigenvalue weighted by atomic mass is 10.1. The molecule has 3 heteroatoms. The maximum atomic E-state index is 11.9. The number of carbonyl (C=O) groups excluding carboxylic acids is 1. The molecule has 1 amide bonds. The predicted octanol–water partition coefficient (Wildman–Crippen LogP) is 3.90. The van der Waals surface area contributed by atoms with Gasteiger partial charge in [-0.1, -0.05) is 35.9 Å². The molecule has 0 radical (unpaired) electrons. The minimum Gasteiger partial charge on any atom is -0.322 e. The minimum atomic E-state index is -0.151. The summed E-state index contributed by atoms with van der Waals surface area (Å²) in [4.78, 5) is 11.9. The maximum absolute atomic E-state index is 11.9. The average Bonchev–Trinajstić information content (AvgIpc) is 2.32. The number of benzene rings is 2. The van der Waals surface area contributed by atoms with Gasteiger partial charge in [0.15, 0.2) is 0 Å². The van der Waals surface area contributed by atoms with E-state index in [4.69, 9.17) is 11.6 Å². The molecule has 0 aliphatic carbocycles. The number of hydrogen-bond acceptors (Lipinski definition) is 1. The standard InChI is InChI=1S/C14H12ClNO/c1-10-5-2-3-8-13(10)16-14(17)11-6-4-7-12(15)9-11/h2-9H,1H3,(H,16,17). The Labute approximate surface area is 105 Å². The topological polar surface area (TPSA) is 29.1 Å². The van der Waals surface area contributed by atoms with Crippen LogP contribution in [0.2, 0.25) is 5.02 Å². The third-order valence-corrected chi connectivity index (χ3v) is 2.72. The lowest BCUT2D eigenvalue weighted by Crippen LogP contribution is -2.12. The molecule has 0 atom stereocenters. The zero-order chi connectivity index (χ0) is 12.3. The Kier molecular flexibility index (Phi) is 3.45. The summed E-state index contributed by atoms with van der Waals surface area (Å²) in [6, 6.07) is 14.5. The number of halogens is 1. The first-order chi connectivity index (χ1) is 8.16. The van der Waals surface area contributed by atoms with Crippen LogP contribution < -0.4 is 5.32 Å². The SMILES string of the molecule is Cc1ccccc1NC(=O)c1cccc(Cl)c1. The molecule has 86 valence electrons. The van der Waals surface area contributed by atoms with E-state index in [-0.39, 0.29) is 5.91 Å². The van der Waals surface area contributed by atoms with E-state index in [1.807, 2.05) is 31.2 Å². The van der Waals surface area contributed by atoms with Gasteiger partial charge in [0.05, 0.1) is 0 Å². The molecular weight excluding hydrogens is 234 g/mol. The van der Waals surface area contributed by atoms with Crippen LogP contribution in [-0.2, 0) is 0 Å². The van der Waals surface area contributed by atoms with Gasteiger partial charge in [-0.2, -0.15) is 0 Å². The van der Waals surface area contributed by atoms with Gasteiger partial charge in [-0.3, -0.25) is 4.79 Å². The highest BCUT2D eigenvalue weighted by molar-refractivity contribution is 6.31. The van der Waals surface area contributed by atoms with E-state index in [1.165, 1.54) is 0 Å². The summed E-state index contributed by atoms with van der Waals surface area (Å²) in [6.45, 7) is 1.95. The summed E-state index contributed by atoms with van der Waals surface area (Å²) < 4.78 is 0. The molecule has 2 aromatic rings.